The number of benzene rings is 1. The quantitative estimate of drug-likeness (QED) is 0.694. The van der Waals surface area contributed by atoms with Gasteiger partial charge in [0.25, 0.3) is 5.91 Å². The maximum absolute atomic E-state index is 12.6. The van der Waals surface area contributed by atoms with Crippen molar-refractivity contribution in [3.05, 3.63) is 64.4 Å². The number of amides is 1. The van der Waals surface area contributed by atoms with Crippen molar-refractivity contribution in [2.75, 3.05) is 5.32 Å². The van der Waals surface area contributed by atoms with Gasteiger partial charge in [0.15, 0.2) is 0 Å². The average Bonchev–Trinajstić information content (AvgIpc) is 2.97. The minimum absolute atomic E-state index is 0.134. The second-order valence-electron chi connectivity index (χ2n) is 7.03. The Hall–Kier alpha value is -2.54. The fraction of sp³-hybridized carbons (Fsp3) is 0.263. The van der Waals surface area contributed by atoms with Gasteiger partial charge in [0, 0.05) is 9.89 Å². The summed E-state index contributed by atoms with van der Waals surface area (Å²) in [4.78, 5) is 21.2. The van der Waals surface area contributed by atoms with E-state index in [-0.39, 0.29) is 11.3 Å². The van der Waals surface area contributed by atoms with E-state index in [2.05, 4.69) is 36.3 Å². The van der Waals surface area contributed by atoms with Crippen LogP contribution in [0.1, 0.15) is 42.6 Å². The summed E-state index contributed by atoms with van der Waals surface area (Å²) in [5.41, 5.74) is 2.58. The molecular formula is C19H20BrN5O. The number of anilines is 1. The zero-order valence-electron chi connectivity index (χ0n) is 15.1. The first-order valence-corrected chi connectivity index (χ1v) is 8.99. The van der Waals surface area contributed by atoms with E-state index in [4.69, 9.17) is 0 Å². The average molecular weight is 414 g/mol. The smallest absolute Gasteiger partial charge is 0.259 e. The third-order valence-corrected chi connectivity index (χ3v) is 4.43. The van der Waals surface area contributed by atoms with E-state index >= 15 is 0 Å². The molecule has 3 aromatic rings. The molecule has 0 aliphatic heterocycles. The van der Waals surface area contributed by atoms with Crippen LogP contribution in [-0.2, 0) is 5.41 Å². The van der Waals surface area contributed by atoms with E-state index < -0.39 is 0 Å². The Kier molecular flexibility index (Phi) is 4.91. The molecule has 0 fully saturated rings. The largest absolute Gasteiger partial charge is 0.319 e. The van der Waals surface area contributed by atoms with Gasteiger partial charge in [-0.05, 0) is 31.2 Å². The number of carbonyl (C=O) groups excluding carboxylic acids is 1. The van der Waals surface area contributed by atoms with E-state index in [1.54, 1.807) is 23.3 Å². The molecule has 26 heavy (non-hydrogen) atoms. The molecule has 0 atom stereocenters. The van der Waals surface area contributed by atoms with E-state index in [1.165, 1.54) is 0 Å². The van der Waals surface area contributed by atoms with Gasteiger partial charge >= 0.3 is 0 Å². The number of hydrogen-bond donors (Lipinski definition) is 1. The van der Waals surface area contributed by atoms with Crippen molar-refractivity contribution in [3.8, 4) is 5.69 Å². The molecule has 1 amide bonds. The third kappa shape index (κ3) is 3.83. The highest BCUT2D eigenvalue weighted by Crippen LogP contribution is 2.20. The van der Waals surface area contributed by atoms with Gasteiger partial charge in [-0.2, -0.15) is 5.10 Å². The van der Waals surface area contributed by atoms with Crippen molar-refractivity contribution in [2.45, 2.75) is 33.1 Å². The molecule has 2 heterocycles. The molecule has 7 heteroatoms. The first-order chi connectivity index (χ1) is 12.3. The van der Waals surface area contributed by atoms with Crippen molar-refractivity contribution in [3.63, 3.8) is 0 Å². The molecule has 134 valence electrons. The standard InChI is InChI=1S/C19H20BrN5O/c1-12-16(11-23-25(12)15-7-5-13(20)6-8-15)17(26)24-14-9-21-18(22-10-14)19(2,3)4/h5-11H,1-4H3,(H,24,26). The zero-order valence-corrected chi connectivity index (χ0v) is 16.7. The van der Waals surface area contributed by atoms with Crippen LogP contribution in [-0.4, -0.2) is 25.7 Å². The number of carbonyl (C=O) groups is 1. The maximum atomic E-state index is 12.6. The maximum Gasteiger partial charge on any atom is 0.259 e. The lowest BCUT2D eigenvalue weighted by Crippen LogP contribution is -2.17. The van der Waals surface area contributed by atoms with Gasteiger partial charge < -0.3 is 5.32 Å². The first kappa shape index (κ1) is 18.3. The highest BCUT2D eigenvalue weighted by Gasteiger charge is 2.18. The Labute approximate surface area is 160 Å². The monoisotopic (exact) mass is 413 g/mol. The normalized spacial score (nSPS) is 11.4. The van der Waals surface area contributed by atoms with E-state index in [0.717, 1.165) is 21.7 Å². The van der Waals surface area contributed by atoms with Crippen LogP contribution in [0, 0.1) is 6.92 Å². The van der Waals surface area contributed by atoms with Gasteiger partial charge in [-0.3, -0.25) is 4.79 Å². The van der Waals surface area contributed by atoms with Crippen molar-refractivity contribution in [1.29, 1.82) is 0 Å². The van der Waals surface area contributed by atoms with Crippen LogP contribution in [0.3, 0.4) is 0 Å². The number of nitrogens with one attached hydrogen (secondary N) is 1. The molecule has 0 aliphatic rings. The Bertz CT molecular complexity index is 924. The predicted molar refractivity (Wildman–Crippen MR) is 105 cm³/mol. The highest BCUT2D eigenvalue weighted by atomic mass is 79.9. The molecule has 0 aliphatic carbocycles. The molecule has 0 unspecified atom stereocenters. The van der Waals surface area contributed by atoms with Crippen molar-refractivity contribution >= 4 is 27.5 Å². The number of rotatable bonds is 3. The molecule has 1 aromatic carbocycles. The number of aromatic nitrogens is 4. The Morgan fingerprint density at radius 2 is 1.69 bits per heavy atom. The van der Waals surface area contributed by atoms with Crippen LogP contribution in [0.5, 0.6) is 0 Å². The fourth-order valence-corrected chi connectivity index (χ4v) is 2.72. The topological polar surface area (TPSA) is 72.7 Å². The second-order valence-corrected chi connectivity index (χ2v) is 7.95. The van der Waals surface area contributed by atoms with Gasteiger partial charge in [-0.15, -0.1) is 0 Å². The molecule has 1 N–H and O–H groups in total. The first-order valence-electron chi connectivity index (χ1n) is 8.20. The summed E-state index contributed by atoms with van der Waals surface area (Å²) in [6.07, 6.45) is 4.82. The summed E-state index contributed by atoms with van der Waals surface area (Å²) in [7, 11) is 0. The minimum Gasteiger partial charge on any atom is -0.319 e. The van der Waals surface area contributed by atoms with Gasteiger partial charge in [-0.1, -0.05) is 36.7 Å². The van der Waals surface area contributed by atoms with E-state index in [1.807, 2.05) is 52.0 Å². The van der Waals surface area contributed by atoms with Gasteiger partial charge in [0.1, 0.15) is 5.82 Å². The molecule has 0 spiro atoms. The second kappa shape index (κ2) is 6.99. The van der Waals surface area contributed by atoms with Crippen LogP contribution >= 0.6 is 15.9 Å². The lowest BCUT2D eigenvalue weighted by atomic mass is 9.96. The summed E-state index contributed by atoms with van der Waals surface area (Å²) < 4.78 is 2.73. The summed E-state index contributed by atoms with van der Waals surface area (Å²) in [5.74, 6) is 0.493. The van der Waals surface area contributed by atoms with E-state index in [0.29, 0.717) is 11.3 Å². The van der Waals surface area contributed by atoms with Crippen molar-refractivity contribution in [2.24, 2.45) is 0 Å². The lowest BCUT2D eigenvalue weighted by molar-refractivity contribution is 0.102. The molecule has 0 radical (unpaired) electrons. The number of nitrogens with zero attached hydrogens (tertiary/aromatic N) is 4. The van der Waals surface area contributed by atoms with Gasteiger partial charge in [-0.25, -0.2) is 14.6 Å². The highest BCUT2D eigenvalue weighted by molar-refractivity contribution is 9.10. The molecule has 0 bridgehead atoms. The van der Waals surface area contributed by atoms with Crippen molar-refractivity contribution in [1.82, 2.24) is 19.7 Å². The van der Waals surface area contributed by atoms with Crippen LogP contribution < -0.4 is 5.32 Å². The summed E-state index contributed by atoms with van der Waals surface area (Å²) in [5, 5.41) is 7.16. The summed E-state index contributed by atoms with van der Waals surface area (Å²) in [6, 6.07) is 7.74. The molecule has 2 aromatic heterocycles. The molecular weight excluding hydrogens is 394 g/mol. The fourth-order valence-electron chi connectivity index (χ4n) is 2.45. The molecule has 0 saturated heterocycles. The van der Waals surface area contributed by atoms with Crippen LogP contribution in [0.2, 0.25) is 0 Å². The van der Waals surface area contributed by atoms with E-state index in [9.17, 15) is 4.79 Å². The molecule has 0 saturated carbocycles. The predicted octanol–water partition coefficient (Wildman–Crippen LogP) is 4.28. The van der Waals surface area contributed by atoms with Crippen LogP contribution in [0.15, 0.2) is 47.3 Å². The van der Waals surface area contributed by atoms with Gasteiger partial charge in [0.2, 0.25) is 0 Å². The van der Waals surface area contributed by atoms with Crippen molar-refractivity contribution < 1.29 is 4.79 Å². The Morgan fingerprint density at radius 3 is 2.27 bits per heavy atom. The Morgan fingerprint density at radius 1 is 1.08 bits per heavy atom. The van der Waals surface area contributed by atoms with Gasteiger partial charge in [0.05, 0.1) is 41.2 Å². The zero-order chi connectivity index (χ0) is 18.9. The molecule has 6 nitrogen and oxygen atoms in total. The molecule has 3 rings (SSSR count). The Balaban J connectivity index is 1.79. The third-order valence-electron chi connectivity index (χ3n) is 3.91. The lowest BCUT2D eigenvalue weighted by Gasteiger charge is -2.16. The number of halogens is 1. The summed E-state index contributed by atoms with van der Waals surface area (Å²) >= 11 is 3.41. The summed E-state index contributed by atoms with van der Waals surface area (Å²) in [6.45, 7) is 7.99. The van der Waals surface area contributed by atoms with Crippen LogP contribution in [0.25, 0.3) is 5.69 Å². The SMILES string of the molecule is Cc1c(C(=O)Nc2cnc(C(C)(C)C)nc2)cnn1-c1ccc(Br)cc1. The van der Waals surface area contributed by atoms with Crippen LogP contribution in [0.4, 0.5) is 5.69 Å². The minimum atomic E-state index is -0.238. The number of hydrogen-bond acceptors (Lipinski definition) is 4.